The molecule has 0 spiro atoms. The standard InChI is InChI=1S/C21H25N5O/c1-24-14-17-8-4-3-7-16(17)13-18(24)15-25(2)21(27)11-12-26-20-10-6-5-9-19(20)22-23-26/h3-10,18H,11-15H2,1-2H3. The van der Waals surface area contributed by atoms with Crippen LogP contribution in [0, 0.1) is 0 Å². The average Bonchev–Trinajstić information content (AvgIpc) is 3.10. The van der Waals surface area contributed by atoms with Gasteiger partial charge in [-0.15, -0.1) is 5.10 Å². The number of rotatable bonds is 5. The Morgan fingerprint density at radius 1 is 1.15 bits per heavy atom. The number of amides is 1. The summed E-state index contributed by atoms with van der Waals surface area (Å²) in [6, 6.07) is 16.8. The summed E-state index contributed by atoms with van der Waals surface area (Å²) in [4.78, 5) is 16.8. The van der Waals surface area contributed by atoms with E-state index in [-0.39, 0.29) is 5.91 Å². The molecule has 0 radical (unpaired) electrons. The zero-order chi connectivity index (χ0) is 18.8. The maximum atomic E-state index is 12.6. The van der Waals surface area contributed by atoms with Crippen LogP contribution in [0.3, 0.4) is 0 Å². The molecule has 1 aromatic heterocycles. The number of hydrogen-bond donors (Lipinski definition) is 0. The Bertz CT molecular complexity index is 950. The van der Waals surface area contributed by atoms with Gasteiger partial charge < -0.3 is 4.90 Å². The van der Waals surface area contributed by atoms with Crippen molar-refractivity contribution in [1.82, 2.24) is 24.8 Å². The SMILES string of the molecule is CN(CC1Cc2ccccc2CN1C)C(=O)CCn1nnc2ccccc21. The molecule has 2 aromatic carbocycles. The first-order valence-electron chi connectivity index (χ1n) is 9.41. The van der Waals surface area contributed by atoms with Crippen LogP contribution in [0.4, 0.5) is 0 Å². The fourth-order valence-corrected chi connectivity index (χ4v) is 3.82. The van der Waals surface area contributed by atoms with Crippen molar-refractivity contribution in [3.63, 3.8) is 0 Å². The summed E-state index contributed by atoms with van der Waals surface area (Å²) in [6.45, 7) is 2.22. The monoisotopic (exact) mass is 363 g/mol. The van der Waals surface area contributed by atoms with Gasteiger partial charge in [0.25, 0.3) is 0 Å². The Labute approximate surface area is 159 Å². The number of nitrogens with zero attached hydrogens (tertiary/aromatic N) is 5. The van der Waals surface area contributed by atoms with Crippen molar-refractivity contribution < 1.29 is 4.79 Å². The van der Waals surface area contributed by atoms with Gasteiger partial charge in [0.1, 0.15) is 5.52 Å². The second-order valence-corrected chi connectivity index (χ2v) is 7.37. The van der Waals surface area contributed by atoms with Crippen LogP contribution in [-0.2, 0) is 24.3 Å². The molecule has 1 aliphatic rings. The smallest absolute Gasteiger partial charge is 0.224 e. The van der Waals surface area contributed by atoms with Crippen molar-refractivity contribution in [2.45, 2.75) is 32.0 Å². The number of carbonyl (C=O) groups is 1. The third-order valence-corrected chi connectivity index (χ3v) is 5.49. The van der Waals surface area contributed by atoms with Gasteiger partial charge in [-0.3, -0.25) is 9.69 Å². The highest BCUT2D eigenvalue weighted by Gasteiger charge is 2.25. The normalized spacial score (nSPS) is 17.0. The molecule has 1 amide bonds. The van der Waals surface area contributed by atoms with Crippen LogP contribution < -0.4 is 0 Å². The number of hydrogen-bond acceptors (Lipinski definition) is 4. The summed E-state index contributed by atoms with van der Waals surface area (Å²) in [6.07, 6.45) is 1.41. The summed E-state index contributed by atoms with van der Waals surface area (Å²) < 4.78 is 1.81. The maximum Gasteiger partial charge on any atom is 0.224 e. The third kappa shape index (κ3) is 3.71. The lowest BCUT2D eigenvalue weighted by atomic mass is 9.94. The second-order valence-electron chi connectivity index (χ2n) is 7.37. The molecule has 6 nitrogen and oxygen atoms in total. The highest BCUT2D eigenvalue weighted by Crippen LogP contribution is 2.22. The molecule has 0 saturated carbocycles. The second kappa shape index (κ2) is 7.48. The van der Waals surface area contributed by atoms with E-state index in [2.05, 4.69) is 46.5 Å². The van der Waals surface area contributed by atoms with Gasteiger partial charge >= 0.3 is 0 Å². The molecule has 27 heavy (non-hydrogen) atoms. The van der Waals surface area contributed by atoms with Crippen LogP contribution in [0.5, 0.6) is 0 Å². The molecule has 6 heteroatoms. The zero-order valence-electron chi connectivity index (χ0n) is 15.9. The fourth-order valence-electron chi connectivity index (χ4n) is 3.82. The Kier molecular flexibility index (Phi) is 4.90. The molecule has 140 valence electrons. The number of carbonyl (C=O) groups excluding carboxylic acids is 1. The van der Waals surface area contributed by atoms with E-state index in [1.54, 1.807) is 0 Å². The molecule has 1 aliphatic heterocycles. The van der Waals surface area contributed by atoms with Crippen molar-refractivity contribution in [1.29, 1.82) is 0 Å². The van der Waals surface area contributed by atoms with E-state index in [1.165, 1.54) is 11.1 Å². The first-order chi connectivity index (χ1) is 13.1. The quantitative estimate of drug-likeness (QED) is 0.698. The van der Waals surface area contributed by atoms with Crippen molar-refractivity contribution in [2.24, 2.45) is 0 Å². The molecule has 1 unspecified atom stereocenters. The molecule has 1 atom stereocenters. The van der Waals surface area contributed by atoms with Gasteiger partial charge in [-0.2, -0.15) is 0 Å². The lowest BCUT2D eigenvalue weighted by molar-refractivity contribution is -0.130. The number of aromatic nitrogens is 3. The van der Waals surface area contributed by atoms with E-state index >= 15 is 0 Å². The molecule has 0 N–H and O–H groups in total. The predicted molar refractivity (Wildman–Crippen MR) is 105 cm³/mol. The van der Waals surface area contributed by atoms with Gasteiger partial charge in [0.05, 0.1) is 12.1 Å². The molecule has 2 heterocycles. The molecule has 0 bridgehead atoms. The van der Waals surface area contributed by atoms with Crippen molar-refractivity contribution in [2.75, 3.05) is 20.6 Å². The Morgan fingerprint density at radius 3 is 2.74 bits per heavy atom. The van der Waals surface area contributed by atoms with Gasteiger partial charge in [0.2, 0.25) is 5.91 Å². The topological polar surface area (TPSA) is 54.3 Å². The third-order valence-electron chi connectivity index (χ3n) is 5.49. The number of fused-ring (bicyclic) bond motifs is 2. The summed E-state index contributed by atoms with van der Waals surface area (Å²) >= 11 is 0. The first kappa shape index (κ1) is 17.7. The number of likely N-dealkylation sites (N-methyl/N-ethyl adjacent to an activating group) is 2. The first-order valence-corrected chi connectivity index (χ1v) is 9.41. The summed E-state index contributed by atoms with van der Waals surface area (Å²) in [5, 5.41) is 8.31. The summed E-state index contributed by atoms with van der Waals surface area (Å²) in [5.41, 5.74) is 4.62. The van der Waals surface area contributed by atoms with E-state index in [0.717, 1.165) is 30.5 Å². The Hall–Kier alpha value is -2.73. The minimum absolute atomic E-state index is 0.141. The van der Waals surface area contributed by atoms with E-state index in [1.807, 2.05) is 40.9 Å². The van der Waals surface area contributed by atoms with Crippen LogP contribution in [0.15, 0.2) is 48.5 Å². The van der Waals surface area contributed by atoms with Crippen LogP contribution in [0.25, 0.3) is 11.0 Å². The largest absolute Gasteiger partial charge is 0.344 e. The highest BCUT2D eigenvalue weighted by atomic mass is 16.2. The maximum absolute atomic E-state index is 12.6. The van der Waals surface area contributed by atoms with Gasteiger partial charge in [-0.1, -0.05) is 41.6 Å². The van der Waals surface area contributed by atoms with Crippen LogP contribution in [0.1, 0.15) is 17.5 Å². The zero-order valence-corrected chi connectivity index (χ0v) is 15.9. The average molecular weight is 363 g/mol. The van der Waals surface area contributed by atoms with E-state index in [0.29, 0.717) is 19.0 Å². The Morgan fingerprint density at radius 2 is 1.89 bits per heavy atom. The summed E-state index contributed by atoms with van der Waals surface area (Å²) in [5.74, 6) is 0.141. The molecule has 3 aromatic rings. The molecular weight excluding hydrogens is 338 g/mol. The van der Waals surface area contributed by atoms with E-state index < -0.39 is 0 Å². The van der Waals surface area contributed by atoms with Crippen LogP contribution in [-0.4, -0.2) is 57.4 Å². The minimum atomic E-state index is 0.141. The number of aryl methyl sites for hydroxylation is 1. The van der Waals surface area contributed by atoms with Crippen molar-refractivity contribution >= 4 is 16.9 Å². The van der Waals surface area contributed by atoms with Gasteiger partial charge in [-0.05, 0) is 36.7 Å². The van der Waals surface area contributed by atoms with Gasteiger partial charge in [0, 0.05) is 32.6 Å². The van der Waals surface area contributed by atoms with Crippen molar-refractivity contribution in [3.05, 3.63) is 59.7 Å². The molecular formula is C21H25N5O. The summed E-state index contributed by atoms with van der Waals surface area (Å²) in [7, 11) is 4.04. The molecule has 0 fully saturated rings. The molecule has 0 aliphatic carbocycles. The number of benzene rings is 2. The molecule has 4 rings (SSSR count). The fraction of sp³-hybridized carbons (Fsp3) is 0.381. The predicted octanol–water partition coefficient (Wildman–Crippen LogP) is 2.34. The highest BCUT2D eigenvalue weighted by molar-refractivity contribution is 5.77. The van der Waals surface area contributed by atoms with Crippen molar-refractivity contribution in [3.8, 4) is 0 Å². The molecule has 0 saturated heterocycles. The van der Waals surface area contributed by atoms with Gasteiger partial charge in [0.15, 0.2) is 0 Å². The Balaban J connectivity index is 1.35. The van der Waals surface area contributed by atoms with E-state index in [4.69, 9.17) is 0 Å². The lowest BCUT2D eigenvalue weighted by Crippen LogP contribution is -2.46. The number of para-hydroxylation sites is 1. The lowest BCUT2D eigenvalue weighted by Gasteiger charge is -2.36. The minimum Gasteiger partial charge on any atom is -0.344 e. The van der Waals surface area contributed by atoms with E-state index in [9.17, 15) is 4.79 Å². The van der Waals surface area contributed by atoms with Crippen LogP contribution in [0.2, 0.25) is 0 Å². The van der Waals surface area contributed by atoms with Crippen LogP contribution >= 0.6 is 0 Å². The van der Waals surface area contributed by atoms with Gasteiger partial charge in [-0.25, -0.2) is 4.68 Å².